The highest BCUT2D eigenvalue weighted by Gasteiger charge is 2.23. The number of carbonyl (C=O) groups is 1. The minimum absolute atomic E-state index is 0.250. The van der Waals surface area contributed by atoms with Crippen LogP contribution in [0.25, 0.3) is 0 Å². The van der Waals surface area contributed by atoms with Gasteiger partial charge in [0.1, 0.15) is 0 Å². The van der Waals surface area contributed by atoms with Gasteiger partial charge >= 0.3 is 0 Å². The maximum absolute atomic E-state index is 11.4. The number of piperidine rings is 1. The van der Waals surface area contributed by atoms with Gasteiger partial charge < -0.3 is 10.2 Å². The molecular weight excluding hydrogens is 366 g/mol. The van der Waals surface area contributed by atoms with E-state index >= 15 is 0 Å². The minimum Gasteiger partial charge on any atom is -0.341 e. The standard InChI is InChI=1S/C22H29N5O2/c28-21(26-29)19-14-24-22(25-15-19)27-11-8-16(9-12-27)13-23-10-7-18-6-5-17-3-1-2-4-20(17)18/h1-4,14-16,18,23,29H,5-13H2,(H,26,28). The molecule has 3 N–H and O–H groups in total. The first kappa shape index (κ1) is 19.8. The molecule has 1 saturated heterocycles. The quantitative estimate of drug-likeness (QED) is 0.379. The van der Waals surface area contributed by atoms with Crippen molar-refractivity contribution in [1.29, 1.82) is 0 Å². The Morgan fingerprint density at radius 3 is 2.66 bits per heavy atom. The number of hydroxylamine groups is 1. The molecular formula is C22H29N5O2. The Morgan fingerprint density at radius 2 is 1.90 bits per heavy atom. The van der Waals surface area contributed by atoms with E-state index in [-0.39, 0.29) is 5.56 Å². The van der Waals surface area contributed by atoms with Crippen LogP contribution in [0, 0.1) is 5.92 Å². The third-order valence-electron chi connectivity index (χ3n) is 6.26. The molecule has 0 spiro atoms. The average molecular weight is 396 g/mol. The van der Waals surface area contributed by atoms with Gasteiger partial charge in [-0.05, 0) is 68.2 Å². The van der Waals surface area contributed by atoms with E-state index in [1.54, 1.807) is 11.0 Å². The van der Waals surface area contributed by atoms with Crippen molar-refractivity contribution in [2.45, 2.75) is 38.0 Å². The smallest absolute Gasteiger partial charge is 0.277 e. The first-order valence-electron chi connectivity index (χ1n) is 10.5. The molecule has 1 aromatic heterocycles. The van der Waals surface area contributed by atoms with E-state index in [1.807, 2.05) is 0 Å². The number of nitrogens with one attached hydrogen (secondary N) is 2. The molecule has 1 unspecified atom stereocenters. The Labute approximate surface area is 171 Å². The molecule has 7 nitrogen and oxygen atoms in total. The monoisotopic (exact) mass is 395 g/mol. The normalized spacial score (nSPS) is 19.2. The summed E-state index contributed by atoms with van der Waals surface area (Å²) in [4.78, 5) is 22.0. The lowest BCUT2D eigenvalue weighted by molar-refractivity contribution is 0.0705. The fraction of sp³-hybridized carbons (Fsp3) is 0.500. The summed E-state index contributed by atoms with van der Waals surface area (Å²) in [6.07, 6.45) is 8.86. The second kappa shape index (κ2) is 9.33. The van der Waals surface area contributed by atoms with Gasteiger partial charge in [-0.25, -0.2) is 15.4 Å². The van der Waals surface area contributed by atoms with Crippen LogP contribution in [0.2, 0.25) is 0 Å². The highest BCUT2D eigenvalue weighted by molar-refractivity contribution is 5.92. The number of benzene rings is 1. The van der Waals surface area contributed by atoms with Crippen LogP contribution in [-0.2, 0) is 6.42 Å². The number of hydrogen-bond donors (Lipinski definition) is 3. The molecule has 1 fully saturated rings. The number of aromatic nitrogens is 2. The summed E-state index contributed by atoms with van der Waals surface area (Å²) in [5.41, 5.74) is 4.94. The van der Waals surface area contributed by atoms with Crippen molar-refractivity contribution in [3.8, 4) is 0 Å². The van der Waals surface area contributed by atoms with Crippen LogP contribution in [-0.4, -0.2) is 47.3 Å². The highest BCUT2D eigenvalue weighted by Crippen LogP contribution is 2.34. The van der Waals surface area contributed by atoms with E-state index in [1.165, 1.54) is 37.2 Å². The Hall–Kier alpha value is -2.51. The van der Waals surface area contributed by atoms with Crippen LogP contribution >= 0.6 is 0 Å². The number of nitrogens with zero attached hydrogens (tertiary/aromatic N) is 3. The van der Waals surface area contributed by atoms with Gasteiger partial charge in [-0.3, -0.25) is 10.0 Å². The number of fused-ring (bicyclic) bond motifs is 1. The molecule has 29 heavy (non-hydrogen) atoms. The Balaban J connectivity index is 1.17. The van der Waals surface area contributed by atoms with Gasteiger partial charge in [0.15, 0.2) is 0 Å². The van der Waals surface area contributed by atoms with E-state index in [0.29, 0.717) is 17.8 Å². The van der Waals surface area contributed by atoms with E-state index in [4.69, 9.17) is 5.21 Å². The van der Waals surface area contributed by atoms with Crippen LogP contribution in [0.5, 0.6) is 0 Å². The molecule has 2 aromatic rings. The maximum atomic E-state index is 11.4. The molecule has 2 aliphatic rings. The number of anilines is 1. The maximum Gasteiger partial charge on any atom is 0.277 e. The third kappa shape index (κ3) is 4.74. The number of rotatable bonds is 7. The van der Waals surface area contributed by atoms with Crippen LogP contribution in [0.15, 0.2) is 36.7 Å². The van der Waals surface area contributed by atoms with Crippen LogP contribution in [0.3, 0.4) is 0 Å². The highest BCUT2D eigenvalue weighted by atomic mass is 16.5. The van der Waals surface area contributed by atoms with Gasteiger partial charge in [0.25, 0.3) is 5.91 Å². The van der Waals surface area contributed by atoms with Crippen molar-refractivity contribution >= 4 is 11.9 Å². The van der Waals surface area contributed by atoms with Gasteiger partial charge in [0, 0.05) is 25.5 Å². The first-order valence-corrected chi connectivity index (χ1v) is 10.5. The lowest BCUT2D eigenvalue weighted by atomic mass is 9.96. The molecule has 4 rings (SSSR count). The summed E-state index contributed by atoms with van der Waals surface area (Å²) >= 11 is 0. The molecule has 154 valence electrons. The van der Waals surface area contributed by atoms with Gasteiger partial charge in [-0.1, -0.05) is 24.3 Å². The van der Waals surface area contributed by atoms with Crippen molar-refractivity contribution in [2.24, 2.45) is 5.92 Å². The predicted molar refractivity (Wildman–Crippen MR) is 111 cm³/mol. The summed E-state index contributed by atoms with van der Waals surface area (Å²) in [7, 11) is 0. The second-order valence-corrected chi connectivity index (χ2v) is 8.07. The molecule has 1 aliphatic carbocycles. The van der Waals surface area contributed by atoms with Crippen molar-refractivity contribution in [2.75, 3.05) is 31.1 Å². The average Bonchev–Trinajstić information content (AvgIpc) is 3.20. The van der Waals surface area contributed by atoms with E-state index < -0.39 is 5.91 Å². The third-order valence-corrected chi connectivity index (χ3v) is 6.26. The SMILES string of the molecule is O=C(NO)c1cnc(N2CCC(CNCCC3CCc4ccccc43)CC2)nc1. The largest absolute Gasteiger partial charge is 0.341 e. The summed E-state index contributed by atoms with van der Waals surface area (Å²) in [5.74, 6) is 1.45. The van der Waals surface area contributed by atoms with Crippen LogP contribution < -0.4 is 15.7 Å². The molecule has 1 atom stereocenters. The zero-order chi connectivity index (χ0) is 20.1. The molecule has 7 heteroatoms. The Bertz CT molecular complexity index is 818. The van der Waals surface area contributed by atoms with Gasteiger partial charge in [0.05, 0.1) is 5.56 Å². The lowest BCUT2D eigenvalue weighted by Gasteiger charge is -2.32. The number of carbonyl (C=O) groups excluding carboxylic acids is 1. The number of amides is 1. The van der Waals surface area contributed by atoms with Gasteiger partial charge in [-0.15, -0.1) is 0 Å². The van der Waals surface area contributed by atoms with E-state index in [0.717, 1.165) is 39.0 Å². The molecule has 0 bridgehead atoms. The van der Waals surface area contributed by atoms with Gasteiger partial charge in [0.2, 0.25) is 5.95 Å². The topological polar surface area (TPSA) is 90.4 Å². The molecule has 1 amide bonds. The predicted octanol–water partition coefficient (Wildman–Crippen LogP) is 2.52. The fourth-order valence-corrected chi connectivity index (χ4v) is 4.53. The Kier molecular flexibility index (Phi) is 6.36. The van der Waals surface area contributed by atoms with Crippen LogP contribution in [0.4, 0.5) is 5.95 Å². The zero-order valence-electron chi connectivity index (χ0n) is 16.7. The minimum atomic E-state index is -0.595. The summed E-state index contributed by atoms with van der Waals surface area (Å²) in [6, 6.07) is 8.89. The molecule has 2 heterocycles. The molecule has 1 aromatic carbocycles. The fourth-order valence-electron chi connectivity index (χ4n) is 4.53. The van der Waals surface area contributed by atoms with Crippen LogP contribution in [0.1, 0.15) is 53.1 Å². The van der Waals surface area contributed by atoms with Gasteiger partial charge in [-0.2, -0.15) is 0 Å². The van der Waals surface area contributed by atoms with Crippen molar-refractivity contribution in [3.63, 3.8) is 0 Å². The summed E-state index contributed by atoms with van der Waals surface area (Å²) in [6.45, 7) is 4.00. The summed E-state index contributed by atoms with van der Waals surface area (Å²) < 4.78 is 0. The Morgan fingerprint density at radius 1 is 1.14 bits per heavy atom. The summed E-state index contributed by atoms with van der Waals surface area (Å²) in [5, 5.41) is 12.3. The zero-order valence-corrected chi connectivity index (χ0v) is 16.7. The van der Waals surface area contributed by atoms with Crippen molar-refractivity contribution in [1.82, 2.24) is 20.8 Å². The number of aryl methyl sites for hydroxylation is 1. The van der Waals surface area contributed by atoms with E-state index in [2.05, 4.69) is 44.5 Å². The molecule has 0 radical (unpaired) electrons. The van der Waals surface area contributed by atoms with E-state index in [9.17, 15) is 4.79 Å². The molecule has 0 saturated carbocycles. The second-order valence-electron chi connectivity index (χ2n) is 8.07. The number of hydrogen-bond acceptors (Lipinski definition) is 6. The van der Waals surface area contributed by atoms with Crippen molar-refractivity contribution in [3.05, 3.63) is 53.3 Å². The first-order chi connectivity index (χ1) is 14.2. The molecule has 1 aliphatic heterocycles. The van der Waals surface area contributed by atoms with Crippen molar-refractivity contribution < 1.29 is 10.0 Å². The lowest BCUT2D eigenvalue weighted by Crippen LogP contribution is -2.38.